The Balaban J connectivity index is 0. The van der Waals surface area contributed by atoms with E-state index in [0.717, 1.165) is 0 Å². The van der Waals surface area contributed by atoms with Crippen LogP contribution in [-0.4, -0.2) is 73.9 Å². The molecule has 72 heavy (non-hydrogen) atoms. The van der Waals surface area contributed by atoms with Crippen LogP contribution in [0, 0.1) is 0 Å². The van der Waals surface area contributed by atoms with Gasteiger partial charge in [-0.15, -0.1) is 0 Å². The van der Waals surface area contributed by atoms with Crippen molar-refractivity contribution in [2.24, 2.45) is 0 Å². The Bertz CT molecular complexity index is 1590. The summed E-state index contributed by atoms with van der Waals surface area (Å²) < 4.78 is 0. The van der Waals surface area contributed by atoms with Gasteiger partial charge in [-0.1, -0.05) is 313 Å². The molecule has 12 heteroatoms. The van der Waals surface area contributed by atoms with Crippen LogP contribution in [0.1, 0.15) is 83.1 Å². The molecule has 404 valence electrons. The van der Waals surface area contributed by atoms with Crippen LogP contribution in [0.15, 0.2) is 182 Å². The van der Waals surface area contributed by atoms with Crippen molar-refractivity contribution in [3.8, 4) is 0 Å². The monoisotopic (exact) mass is 1520 g/mol. The summed E-state index contributed by atoms with van der Waals surface area (Å²) in [5.41, 5.74) is 0. The van der Waals surface area contributed by atoms with Gasteiger partial charge in [0.25, 0.3) is 0 Å². The molecule has 0 heterocycles. The minimum absolute atomic E-state index is 0.149. The van der Waals surface area contributed by atoms with E-state index in [1.807, 2.05) is 0 Å². The molecule has 0 spiro atoms. The number of hydrogen-bond donors (Lipinski definition) is 0. The summed E-state index contributed by atoms with van der Waals surface area (Å²) in [4.78, 5) is 0. The fourth-order valence-corrected chi connectivity index (χ4v) is 18.0. The molecule has 0 aliphatic carbocycles. The molecule has 0 bridgehead atoms. The first kappa shape index (κ1) is 74.4. The summed E-state index contributed by atoms with van der Waals surface area (Å²) in [7, 11) is 20.5. The first-order valence-electron chi connectivity index (χ1n) is 25.6. The molecular formula is C60H90Cl4Os2P6. The van der Waals surface area contributed by atoms with Crippen molar-refractivity contribution in [3.05, 3.63) is 182 Å². The summed E-state index contributed by atoms with van der Waals surface area (Å²) in [5.74, 6) is 0. The van der Waals surface area contributed by atoms with E-state index in [9.17, 15) is 0 Å². The van der Waals surface area contributed by atoms with Crippen molar-refractivity contribution in [1.29, 1.82) is 0 Å². The van der Waals surface area contributed by atoms with Crippen LogP contribution in [0.3, 0.4) is 0 Å². The topological polar surface area (TPSA) is 0 Å². The van der Waals surface area contributed by atoms with Crippen molar-refractivity contribution < 1.29 is 30.8 Å². The number of hydrogen-bond acceptors (Lipinski definition) is 0. The predicted octanol–water partition coefficient (Wildman–Crippen LogP) is 19.8. The second-order valence-electron chi connectivity index (χ2n) is 15.2. The maximum absolute atomic E-state index is 4.98. The van der Waals surface area contributed by atoms with Crippen molar-refractivity contribution in [2.75, 3.05) is 73.9 Å². The van der Waals surface area contributed by atoms with Crippen molar-refractivity contribution >= 4 is 118 Å². The Kier molecular flexibility index (Phi) is 55.1. The van der Waals surface area contributed by atoms with Crippen LogP contribution in [-0.2, 0) is 30.8 Å². The van der Waals surface area contributed by atoms with Crippen LogP contribution >= 0.6 is 86.1 Å². The molecule has 0 unspecified atom stereocenters. The van der Waals surface area contributed by atoms with Crippen LogP contribution in [0.2, 0.25) is 0 Å². The molecule has 6 aromatic carbocycles. The minimum atomic E-state index is -1.98. The molecule has 0 amide bonds. The van der Waals surface area contributed by atoms with E-state index < -0.39 is 13.2 Å². The summed E-state index contributed by atoms with van der Waals surface area (Å²) in [6.07, 6.45) is 15.8. The number of benzene rings is 6. The van der Waals surface area contributed by atoms with E-state index in [2.05, 4.69) is 275 Å². The van der Waals surface area contributed by atoms with Crippen molar-refractivity contribution in [3.63, 3.8) is 0 Å². The van der Waals surface area contributed by atoms with Crippen molar-refractivity contribution in [1.82, 2.24) is 0 Å². The van der Waals surface area contributed by atoms with Gasteiger partial charge >= 0.3 is 69.4 Å². The quantitative estimate of drug-likeness (QED) is 0.0753. The van der Waals surface area contributed by atoms with Gasteiger partial charge in [0.1, 0.15) is 0 Å². The molecule has 6 rings (SSSR count). The van der Waals surface area contributed by atoms with E-state index >= 15 is 0 Å². The maximum atomic E-state index is 4.98. The predicted molar refractivity (Wildman–Crippen MR) is 348 cm³/mol. The normalized spacial score (nSPS) is 10.3. The standard InChI is InChI=1S/6C10H15P.4ClH.2Os/c6*1-3-11(4-2)10-8-6-5-7-9-10;;;;;;/h6*5-9H,3-4H2,1-2H3;4*1H;;/q;;;;;;;;;;+1;+3/p-4. The summed E-state index contributed by atoms with van der Waals surface area (Å²) >= 11 is -0.648. The zero-order valence-corrected chi connectivity index (χ0v) is 59.2. The molecule has 0 atom stereocenters. The molecule has 0 fully saturated rings. The SMILES string of the molecule is CCP(CC)c1ccccc1.CCP(CC)c1ccccc1.CCP(CC)c1ccccc1.CCP(CC)c1ccccc1.CCP(CC)c1ccccc1.CCP(CC)c1ccccc1.[Cl][Os].[Cl][Os]([Cl])[Cl]. The Morgan fingerprint density at radius 3 is 0.389 bits per heavy atom. The molecule has 0 nitrogen and oxygen atoms in total. The summed E-state index contributed by atoms with van der Waals surface area (Å²) in [6.45, 7) is 27.4. The summed E-state index contributed by atoms with van der Waals surface area (Å²) in [6, 6.07) is 65.1. The molecule has 6 aromatic rings. The van der Waals surface area contributed by atoms with Gasteiger partial charge in [0.05, 0.1) is 0 Å². The van der Waals surface area contributed by atoms with Gasteiger partial charge in [0.15, 0.2) is 0 Å². The molecule has 0 aliphatic rings. The van der Waals surface area contributed by atoms with Crippen LogP contribution in [0.4, 0.5) is 0 Å². The van der Waals surface area contributed by atoms with Gasteiger partial charge in [-0.25, -0.2) is 0 Å². The van der Waals surface area contributed by atoms with Gasteiger partial charge in [0.2, 0.25) is 0 Å². The first-order valence-corrected chi connectivity index (χ1v) is 48.5. The van der Waals surface area contributed by atoms with E-state index in [1.54, 1.807) is 31.8 Å². The van der Waals surface area contributed by atoms with E-state index in [1.165, 1.54) is 91.5 Å². The fraction of sp³-hybridized carbons (Fsp3) is 0.400. The molecule has 0 saturated carbocycles. The Morgan fingerprint density at radius 1 is 0.236 bits per heavy atom. The first-order chi connectivity index (χ1) is 35.0. The molecule has 0 aromatic heterocycles. The van der Waals surface area contributed by atoms with E-state index in [4.69, 9.17) is 28.9 Å². The molecule has 0 N–H and O–H groups in total. The molecule has 0 aliphatic heterocycles. The molecule has 0 saturated heterocycles. The Hall–Kier alpha value is 0.333. The van der Waals surface area contributed by atoms with E-state index in [0.29, 0.717) is 0 Å². The summed E-state index contributed by atoms with van der Waals surface area (Å²) in [5, 5.41) is 9.29. The third kappa shape index (κ3) is 36.4. The number of rotatable bonds is 18. The van der Waals surface area contributed by atoms with Crippen molar-refractivity contribution in [2.45, 2.75) is 83.1 Å². The average Bonchev–Trinajstić information content (AvgIpc) is 3.44. The average molecular weight is 1520 g/mol. The zero-order valence-electron chi connectivity index (χ0n) is 45.7. The van der Waals surface area contributed by atoms with E-state index in [-0.39, 0.29) is 47.5 Å². The van der Waals surface area contributed by atoms with Gasteiger partial charge in [0, 0.05) is 0 Å². The van der Waals surface area contributed by atoms with Crippen LogP contribution in [0.25, 0.3) is 0 Å². The third-order valence-corrected chi connectivity index (χ3v) is 26.6. The Morgan fingerprint density at radius 2 is 0.319 bits per heavy atom. The van der Waals surface area contributed by atoms with Gasteiger partial charge in [-0.05, 0) is 106 Å². The second kappa shape index (κ2) is 53.3. The van der Waals surface area contributed by atoms with Gasteiger partial charge < -0.3 is 0 Å². The van der Waals surface area contributed by atoms with Crippen LogP contribution in [0.5, 0.6) is 0 Å². The van der Waals surface area contributed by atoms with Crippen LogP contribution < -0.4 is 31.8 Å². The number of halogens is 4. The molecular weight excluding hydrogens is 1430 g/mol. The van der Waals surface area contributed by atoms with Gasteiger partial charge in [-0.2, -0.15) is 0 Å². The second-order valence-corrected chi connectivity index (χ2v) is 43.4. The fourth-order valence-electron chi connectivity index (χ4n) is 7.37. The zero-order chi connectivity index (χ0) is 54.2. The molecule has 0 radical (unpaired) electrons. The third-order valence-electron chi connectivity index (χ3n) is 11.3. The Labute approximate surface area is 483 Å². The van der Waals surface area contributed by atoms with Gasteiger partial charge in [-0.3, -0.25) is 0 Å².